The molecule has 1 aromatic rings. The molecule has 3 N–H and O–H groups in total. The smallest absolute Gasteiger partial charge is 0.245 e. The Balaban J connectivity index is 1.80. The number of amides is 1. The second-order valence-corrected chi connectivity index (χ2v) is 4.74. The summed E-state index contributed by atoms with van der Waals surface area (Å²) in [5.41, 5.74) is 7.40. The highest BCUT2D eigenvalue weighted by atomic mass is 16.5. The van der Waals surface area contributed by atoms with Crippen molar-refractivity contribution in [1.82, 2.24) is 0 Å². The van der Waals surface area contributed by atoms with E-state index in [0.717, 1.165) is 29.8 Å². The van der Waals surface area contributed by atoms with Gasteiger partial charge in [-0.15, -0.1) is 0 Å². The summed E-state index contributed by atoms with van der Waals surface area (Å²) in [5, 5.41) is 2.77. The first-order valence-electron chi connectivity index (χ1n) is 6.11. The molecule has 0 radical (unpaired) electrons. The van der Waals surface area contributed by atoms with Crippen molar-refractivity contribution in [3.05, 3.63) is 23.8 Å². The maximum absolute atomic E-state index is 11.4. The summed E-state index contributed by atoms with van der Waals surface area (Å²) in [6.45, 7) is 0. The fourth-order valence-corrected chi connectivity index (χ4v) is 2.54. The van der Waals surface area contributed by atoms with Gasteiger partial charge in [0.2, 0.25) is 5.91 Å². The van der Waals surface area contributed by atoms with Gasteiger partial charge in [-0.05, 0) is 31.7 Å². The zero-order chi connectivity index (χ0) is 11.8. The van der Waals surface area contributed by atoms with Gasteiger partial charge in [0.15, 0.2) is 0 Å². The van der Waals surface area contributed by atoms with E-state index in [-0.39, 0.29) is 5.91 Å². The Hall–Kier alpha value is -1.55. The second-order valence-electron chi connectivity index (χ2n) is 4.74. The van der Waals surface area contributed by atoms with E-state index in [1.54, 1.807) is 0 Å². The first-order valence-corrected chi connectivity index (χ1v) is 6.11. The normalized spacial score (nSPS) is 23.6. The lowest BCUT2D eigenvalue weighted by Gasteiger charge is -2.13. The third-order valence-electron chi connectivity index (χ3n) is 3.51. The van der Waals surface area contributed by atoms with Crippen LogP contribution in [0.25, 0.3) is 0 Å². The molecule has 1 atom stereocenters. The van der Waals surface area contributed by atoms with Crippen LogP contribution in [0, 0.1) is 0 Å². The van der Waals surface area contributed by atoms with Crippen LogP contribution in [0.1, 0.15) is 37.3 Å². The van der Waals surface area contributed by atoms with Gasteiger partial charge in [-0.2, -0.15) is 0 Å². The summed E-state index contributed by atoms with van der Waals surface area (Å²) in [7, 11) is 0. The molecule has 17 heavy (non-hydrogen) atoms. The number of fused-ring (bicyclic) bond motifs is 1. The molecule has 0 saturated heterocycles. The summed E-state index contributed by atoms with van der Waals surface area (Å²) >= 11 is 0. The molecule has 0 aromatic heterocycles. The van der Waals surface area contributed by atoms with Crippen LogP contribution in [-0.2, 0) is 4.79 Å². The Bertz CT molecular complexity index is 453. The van der Waals surface area contributed by atoms with E-state index < -0.39 is 6.04 Å². The molecule has 90 valence electrons. The van der Waals surface area contributed by atoms with Crippen molar-refractivity contribution in [1.29, 1.82) is 0 Å². The van der Waals surface area contributed by atoms with Gasteiger partial charge in [-0.25, -0.2) is 0 Å². The highest BCUT2D eigenvalue weighted by Gasteiger charge is 2.27. The summed E-state index contributed by atoms with van der Waals surface area (Å²) in [4.78, 5) is 11.4. The molecule has 1 amide bonds. The maximum Gasteiger partial charge on any atom is 0.245 e. The van der Waals surface area contributed by atoms with Crippen LogP contribution in [0.15, 0.2) is 18.2 Å². The van der Waals surface area contributed by atoms with Crippen LogP contribution in [0.2, 0.25) is 0 Å². The Morgan fingerprint density at radius 1 is 1.29 bits per heavy atom. The van der Waals surface area contributed by atoms with E-state index in [1.165, 1.54) is 12.8 Å². The number of carbonyl (C=O) groups is 1. The van der Waals surface area contributed by atoms with E-state index in [0.29, 0.717) is 6.10 Å². The minimum Gasteiger partial charge on any atom is -0.490 e. The number of benzene rings is 1. The number of rotatable bonds is 2. The quantitative estimate of drug-likeness (QED) is 0.819. The monoisotopic (exact) mass is 232 g/mol. The third-order valence-corrected chi connectivity index (χ3v) is 3.51. The largest absolute Gasteiger partial charge is 0.490 e. The van der Waals surface area contributed by atoms with Crippen LogP contribution in [0.3, 0.4) is 0 Å². The molecule has 3 rings (SSSR count). The van der Waals surface area contributed by atoms with E-state index in [2.05, 4.69) is 5.32 Å². The van der Waals surface area contributed by atoms with Crippen molar-refractivity contribution in [3.63, 3.8) is 0 Å². The Kier molecular flexibility index (Phi) is 2.52. The van der Waals surface area contributed by atoms with Gasteiger partial charge in [0, 0.05) is 17.3 Å². The van der Waals surface area contributed by atoms with Crippen LogP contribution in [0.5, 0.6) is 5.75 Å². The van der Waals surface area contributed by atoms with Gasteiger partial charge in [0.05, 0.1) is 6.10 Å². The van der Waals surface area contributed by atoms with E-state index in [9.17, 15) is 4.79 Å². The Morgan fingerprint density at radius 2 is 2.06 bits per heavy atom. The average molecular weight is 232 g/mol. The fraction of sp³-hybridized carbons (Fsp3) is 0.462. The minimum atomic E-state index is -0.537. The zero-order valence-electron chi connectivity index (χ0n) is 9.61. The summed E-state index contributed by atoms with van der Waals surface area (Å²) in [6, 6.07) is 5.11. The Labute approximate surface area is 100 Å². The van der Waals surface area contributed by atoms with Crippen molar-refractivity contribution in [2.45, 2.75) is 37.8 Å². The van der Waals surface area contributed by atoms with Crippen LogP contribution in [0.4, 0.5) is 5.69 Å². The van der Waals surface area contributed by atoms with Gasteiger partial charge >= 0.3 is 0 Å². The topological polar surface area (TPSA) is 64.4 Å². The van der Waals surface area contributed by atoms with Gasteiger partial charge in [0.25, 0.3) is 0 Å². The maximum atomic E-state index is 11.4. The number of anilines is 1. The molecule has 1 heterocycles. The van der Waals surface area contributed by atoms with Crippen molar-refractivity contribution >= 4 is 11.6 Å². The number of ether oxygens (including phenoxy) is 1. The molecule has 4 nitrogen and oxygen atoms in total. The number of hydrogen-bond acceptors (Lipinski definition) is 3. The van der Waals surface area contributed by atoms with Crippen molar-refractivity contribution < 1.29 is 9.53 Å². The molecule has 0 spiro atoms. The van der Waals surface area contributed by atoms with Gasteiger partial charge in [-0.3, -0.25) is 4.79 Å². The summed E-state index contributed by atoms with van der Waals surface area (Å²) in [5.74, 6) is 0.683. The molecule has 1 fully saturated rings. The molecular formula is C13H16N2O2. The molecule has 0 bridgehead atoms. The lowest BCUT2D eigenvalue weighted by Crippen LogP contribution is -2.19. The molecule has 1 unspecified atom stereocenters. The number of nitrogens with one attached hydrogen (secondary N) is 1. The highest BCUT2D eigenvalue weighted by Crippen LogP contribution is 2.33. The molecule has 1 saturated carbocycles. The Morgan fingerprint density at radius 3 is 2.82 bits per heavy atom. The molecule has 4 heteroatoms. The second kappa shape index (κ2) is 4.04. The van der Waals surface area contributed by atoms with Crippen LogP contribution in [-0.4, -0.2) is 12.0 Å². The molecule has 2 aliphatic rings. The zero-order valence-corrected chi connectivity index (χ0v) is 9.61. The summed E-state index contributed by atoms with van der Waals surface area (Å²) in [6.07, 6.45) is 5.08. The first-order chi connectivity index (χ1) is 8.24. The fourth-order valence-electron chi connectivity index (χ4n) is 2.54. The van der Waals surface area contributed by atoms with Crippen LogP contribution < -0.4 is 15.8 Å². The SMILES string of the molecule is NC1C(=O)Nc2cc(OC3CCCC3)ccc21. The molecule has 1 aliphatic carbocycles. The van der Waals surface area contributed by atoms with E-state index in [4.69, 9.17) is 10.5 Å². The van der Waals surface area contributed by atoms with E-state index in [1.807, 2.05) is 18.2 Å². The predicted molar refractivity (Wildman–Crippen MR) is 64.9 cm³/mol. The highest BCUT2D eigenvalue weighted by molar-refractivity contribution is 6.02. The predicted octanol–water partition coefficient (Wildman–Crippen LogP) is 1.96. The van der Waals surface area contributed by atoms with Crippen molar-refractivity contribution in [3.8, 4) is 5.75 Å². The minimum absolute atomic E-state index is 0.141. The van der Waals surface area contributed by atoms with Crippen LogP contribution >= 0.6 is 0 Å². The lowest BCUT2D eigenvalue weighted by atomic mass is 10.1. The van der Waals surface area contributed by atoms with E-state index >= 15 is 0 Å². The van der Waals surface area contributed by atoms with Gasteiger partial charge in [0.1, 0.15) is 11.8 Å². The van der Waals surface area contributed by atoms with Crippen molar-refractivity contribution in [2.75, 3.05) is 5.32 Å². The van der Waals surface area contributed by atoms with Gasteiger partial charge in [-0.1, -0.05) is 6.07 Å². The number of nitrogens with two attached hydrogens (primary N) is 1. The number of carbonyl (C=O) groups excluding carboxylic acids is 1. The summed E-state index contributed by atoms with van der Waals surface area (Å²) < 4.78 is 5.88. The lowest BCUT2D eigenvalue weighted by molar-refractivity contribution is -0.116. The average Bonchev–Trinajstić information content (AvgIpc) is 2.89. The number of hydrogen-bond donors (Lipinski definition) is 2. The molecular weight excluding hydrogens is 216 g/mol. The molecule has 1 aliphatic heterocycles. The third kappa shape index (κ3) is 1.89. The molecule has 1 aromatic carbocycles. The van der Waals surface area contributed by atoms with Gasteiger partial charge < -0.3 is 15.8 Å². The standard InChI is InChI=1S/C13H16N2O2/c14-12-10-6-5-9(7-11(10)15-13(12)16)17-8-3-1-2-4-8/h5-8,12H,1-4,14H2,(H,15,16). The van der Waals surface area contributed by atoms with Crippen molar-refractivity contribution in [2.24, 2.45) is 5.73 Å². The first kappa shape index (κ1) is 10.6.